The molecule has 0 aromatic carbocycles. The highest BCUT2D eigenvalue weighted by molar-refractivity contribution is 14.1. The number of aryl methyl sites for hydroxylation is 2. The average molecular weight is 385 g/mol. The SMILES string of the molecule is CNc1nc(-c2c(C)nn(C)c2C)nc(C(C)C)c1I. The quantitative estimate of drug-likeness (QED) is 0.825. The zero-order valence-electron chi connectivity index (χ0n) is 12.7. The van der Waals surface area contributed by atoms with Gasteiger partial charge < -0.3 is 5.32 Å². The van der Waals surface area contributed by atoms with Crippen LogP contribution in [0.3, 0.4) is 0 Å². The van der Waals surface area contributed by atoms with Gasteiger partial charge in [-0.25, -0.2) is 9.97 Å². The average Bonchev–Trinajstić information content (AvgIpc) is 2.64. The first-order valence-electron chi connectivity index (χ1n) is 6.62. The van der Waals surface area contributed by atoms with Crippen molar-refractivity contribution in [2.45, 2.75) is 33.6 Å². The predicted octanol–water partition coefficient (Wildman–Crippen LogP) is 3.26. The largest absolute Gasteiger partial charge is 0.372 e. The number of rotatable bonds is 3. The Labute approximate surface area is 133 Å². The maximum Gasteiger partial charge on any atom is 0.165 e. The van der Waals surface area contributed by atoms with Gasteiger partial charge in [0.15, 0.2) is 5.82 Å². The lowest BCUT2D eigenvalue weighted by molar-refractivity contribution is 0.731. The third-order valence-electron chi connectivity index (χ3n) is 3.39. The summed E-state index contributed by atoms with van der Waals surface area (Å²) in [6.07, 6.45) is 0. The smallest absolute Gasteiger partial charge is 0.165 e. The fraction of sp³-hybridized carbons (Fsp3) is 0.500. The van der Waals surface area contributed by atoms with Crippen molar-refractivity contribution in [1.82, 2.24) is 19.7 Å². The van der Waals surface area contributed by atoms with Crippen molar-refractivity contribution in [3.63, 3.8) is 0 Å². The van der Waals surface area contributed by atoms with E-state index in [1.54, 1.807) is 0 Å². The monoisotopic (exact) mass is 385 g/mol. The van der Waals surface area contributed by atoms with Crippen LogP contribution >= 0.6 is 22.6 Å². The number of anilines is 1. The van der Waals surface area contributed by atoms with Crippen LogP contribution in [0.25, 0.3) is 11.4 Å². The molecule has 2 aromatic heterocycles. The van der Waals surface area contributed by atoms with Crippen molar-refractivity contribution >= 4 is 28.4 Å². The molecular weight excluding hydrogens is 365 g/mol. The molecule has 0 bridgehead atoms. The van der Waals surface area contributed by atoms with Gasteiger partial charge in [0.2, 0.25) is 0 Å². The Kier molecular flexibility index (Phi) is 4.31. The first-order chi connectivity index (χ1) is 9.36. The van der Waals surface area contributed by atoms with Crippen molar-refractivity contribution in [3.05, 3.63) is 20.7 Å². The van der Waals surface area contributed by atoms with Crippen LogP contribution in [-0.2, 0) is 7.05 Å². The van der Waals surface area contributed by atoms with Gasteiger partial charge in [0.1, 0.15) is 5.82 Å². The number of nitrogens with zero attached hydrogens (tertiary/aromatic N) is 4. The van der Waals surface area contributed by atoms with Crippen molar-refractivity contribution in [2.24, 2.45) is 7.05 Å². The number of halogens is 1. The summed E-state index contributed by atoms with van der Waals surface area (Å²) in [5, 5.41) is 7.61. The topological polar surface area (TPSA) is 55.6 Å². The second-order valence-electron chi connectivity index (χ2n) is 5.17. The van der Waals surface area contributed by atoms with E-state index in [1.807, 2.05) is 32.6 Å². The maximum absolute atomic E-state index is 4.77. The molecule has 0 saturated carbocycles. The molecule has 0 amide bonds. The van der Waals surface area contributed by atoms with Gasteiger partial charge >= 0.3 is 0 Å². The molecule has 2 aromatic rings. The minimum atomic E-state index is 0.355. The van der Waals surface area contributed by atoms with Crippen molar-refractivity contribution in [1.29, 1.82) is 0 Å². The Hall–Kier alpha value is -1.18. The van der Waals surface area contributed by atoms with Gasteiger partial charge in [0.25, 0.3) is 0 Å². The third kappa shape index (κ3) is 2.53. The van der Waals surface area contributed by atoms with E-state index in [0.29, 0.717) is 5.92 Å². The zero-order chi connectivity index (χ0) is 15.0. The first-order valence-corrected chi connectivity index (χ1v) is 7.70. The molecule has 0 fully saturated rings. The third-order valence-corrected chi connectivity index (χ3v) is 4.46. The molecule has 0 saturated heterocycles. The van der Waals surface area contributed by atoms with E-state index < -0.39 is 0 Å². The summed E-state index contributed by atoms with van der Waals surface area (Å²) in [5.74, 6) is 1.98. The number of aromatic nitrogens is 4. The first kappa shape index (κ1) is 15.2. The molecule has 2 rings (SSSR count). The van der Waals surface area contributed by atoms with Gasteiger partial charge in [-0.15, -0.1) is 0 Å². The summed E-state index contributed by atoms with van der Waals surface area (Å²) < 4.78 is 2.96. The number of hydrogen-bond donors (Lipinski definition) is 1. The van der Waals surface area contributed by atoms with E-state index >= 15 is 0 Å². The normalized spacial score (nSPS) is 11.2. The molecule has 0 aliphatic rings. The fourth-order valence-electron chi connectivity index (χ4n) is 2.22. The Morgan fingerprint density at radius 2 is 1.85 bits per heavy atom. The van der Waals surface area contributed by atoms with E-state index in [-0.39, 0.29) is 0 Å². The molecule has 1 N–H and O–H groups in total. The highest BCUT2D eigenvalue weighted by atomic mass is 127. The van der Waals surface area contributed by atoms with Gasteiger partial charge in [-0.1, -0.05) is 13.8 Å². The molecule has 6 heteroatoms. The van der Waals surface area contributed by atoms with Crippen LogP contribution in [0.2, 0.25) is 0 Å². The molecule has 0 aliphatic heterocycles. The van der Waals surface area contributed by atoms with Crippen LogP contribution in [0.5, 0.6) is 0 Å². The number of nitrogens with one attached hydrogen (secondary N) is 1. The Bertz CT molecular complexity index is 645. The molecule has 0 aliphatic carbocycles. The zero-order valence-corrected chi connectivity index (χ0v) is 14.9. The van der Waals surface area contributed by atoms with E-state index in [0.717, 1.165) is 37.9 Å². The molecule has 0 radical (unpaired) electrons. The minimum Gasteiger partial charge on any atom is -0.372 e. The van der Waals surface area contributed by atoms with E-state index in [1.165, 1.54) is 0 Å². The van der Waals surface area contributed by atoms with Crippen molar-refractivity contribution in [2.75, 3.05) is 12.4 Å². The van der Waals surface area contributed by atoms with Crippen LogP contribution in [0.4, 0.5) is 5.82 Å². The fourth-order valence-corrected chi connectivity index (χ4v) is 3.36. The molecule has 0 spiro atoms. The summed E-state index contributed by atoms with van der Waals surface area (Å²) in [6, 6.07) is 0. The van der Waals surface area contributed by atoms with Gasteiger partial charge in [-0.3, -0.25) is 4.68 Å². The summed E-state index contributed by atoms with van der Waals surface area (Å²) in [4.78, 5) is 9.43. The molecule has 0 unspecified atom stereocenters. The van der Waals surface area contributed by atoms with Gasteiger partial charge in [-0.05, 0) is 42.4 Å². The summed E-state index contributed by atoms with van der Waals surface area (Å²) in [5.41, 5.74) is 4.15. The van der Waals surface area contributed by atoms with Gasteiger partial charge in [0, 0.05) is 19.8 Å². The molecule has 0 atom stereocenters. The van der Waals surface area contributed by atoms with Crippen molar-refractivity contribution < 1.29 is 0 Å². The lowest BCUT2D eigenvalue weighted by Crippen LogP contribution is -2.07. The standard InChI is InChI=1S/C14H20IN5/c1-7(2)12-11(15)14(16-5)18-13(17-12)10-8(3)19-20(6)9(10)4/h7H,1-6H3,(H,16,17,18). The van der Waals surface area contributed by atoms with E-state index in [4.69, 9.17) is 4.98 Å². The van der Waals surface area contributed by atoms with Crippen LogP contribution in [-0.4, -0.2) is 26.8 Å². The maximum atomic E-state index is 4.77. The Morgan fingerprint density at radius 1 is 1.20 bits per heavy atom. The summed E-state index contributed by atoms with van der Waals surface area (Å²) in [6.45, 7) is 8.34. The lowest BCUT2D eigenvalue weighted by atomic mass is 10.1. The highest BCUT2D eigenvalue weighted by Crippen LogP contribution is 2.30. The van der Waals surface area contributed by atoms with Crippen LogP contribution < -0.4 is 5.32 Å². The van der Waals surface area contributed by atoms with E-state index in [9.17, 15) is 0 Å². The van der Waals surface area contributed by atoms with Crippen LogP contribution in [0, 0.1) is 17.4 Å². The Balaban J connectivity index is 2.71. The molecule has 5 nitrogen and oxygen atoms in total. The van der Waals surface area contributed by atoms with Gasteiger partial charge in [0.05, 0.1) is 20.5 Å². The molecular formula is C14H20IN5. The second-order valence-corrected chi connectivity index (χ2v) is 6.25. The molecule has 20 heavy (non-hydrogen) atoms. The minimum absolute atomic E-state index is 0.355. The predicted molar refractivity (Wildman–Crippen MR) is 90.1 cm³/mol. The van der Waals surface area contributed by atoms with Gasteiger partial charge in [-0.2, -0.15) is 5.10 Å². The molecule has 2 heterocycles. The van der Waals surface area contributed by atoms with Crippen molar-refractivity contribution in [3.8, 4) is 11.4 Å². The van der Waals surface area contributed by atoms with Crippen LogP contribution in [0.15, 0.2) is 0 Å². The Morgan fingerprint density at radius 3 is 2.30 bits per heavy atom. The summed E-state index contributed by atoms with van der Waals surface area (Å²) >= 11 is 2.31. The number of hydrogen-bond acceptors (Lipinski definition) is 4. The lowest BCUT2D eigenvalue weighted by Gasteiger charge is -2.13. The highest BCUT2D eigenvalue weighted by Gasteiger charge is 2.19. The summed E-state index contributed by atoms with van der Waals surface area (Å²) in [7, 11) is 3.84. The van der Waals surface area contributed by atoms with Crippen LogP contribution in [0.1, 0.15) is 36.8 Å². The van der Waals surface area contributed by atoms with E-state index in [2.05, 4.69) is 51.8 Å². The second kappa shape index (κ2) is 5.67. The molecule has 108 valence electrons.